The number of phenols is 1. The summed E-state index contributed by atoms with van der Waals surface area (Å²) in [5, 5.41) is 18.1. The summed E-state index contributed by atoms with van der Waals surface area (Å²) in [7, 11) is 0. The highest BCUT2D eigenvalue weighted by atomic mass is 16.6. The molecule has 3 atom stereocenters. The number of nitrogens with one attached hydrogen (secondary N) is 5. The Morgan fingerprint density at radius 2 is 1.36 bits per heavy atom. The standard InChI is InChI=1S/C33H49N5O7/c1-20-15-25(39)16-21(2)26(20)18-27(36-30(42)44-32(4,5)6)29(41)35-22(3)28(40)34-19-24(17-23-13-11-10-12-14-23)37-38-31(43)45-33(7,8)9/h10-16,22,24,27,37,39H,17-19H2,1-9H3,(H,34,40)(H,35,41)(H,36,42)(H,38,43)/t22-,24?,27+/m1/s1. The predicted octanol–water partition coefficient (Wildman–Crippen LogP) is 3.71. The van der Waals surface area contributed by atoms with E-state index in [2.05, 4.69) is 26.8 Å². The molecule has 0 bridgehead atoms. The van der Waals surface area contributed by atoms with Crippen LogP contribution in [0, 0.1) is 13.8 Å². The molecule has 12 heteroatoms. The zero-order valence-corrected chi connectivity index (χ0v) is 27.8. The summed E-state index contributed by atoms with van der Waals surface area (Å²) in [5.74, 6) is -0.948. The Balaban J connectivity index is 2.11. The molecule has 0 aromatic heterocycles. The summed E-state index contributed by atoms with van der Waals surface area (Å²) >= 11 is 0. The van der Waals surface area contributed by atoms with Crippen LogP contribution in [0.3, 0.4) is 0 Å². The number of benzene rings is 2. The third kappa shape index (κ3) is 13.9. The molecule has 2 aromatic rings. The van der Waals surface area contributed by atoms with Crippen molar-refractivity contribution in [2.45, 2.75) is 104 Å². The van der Waals surface area contributed by atoms with Crippen molar-refractivity contribution in [3.05, 3.63) is 64.7 Å². The number of carbonyl (C=O) groups is 4. The van der Waals surface area contributed by atoms with Gasteiger partial charge < -0.3 is 30.5 Å². The minimum atomic E-state index is -1.07. The Bertz CT molecular complexity index is 1300. The summed E-state index contributed by atoms with van der Waals surface area (Å²) in [4.78, 5) is 51.4. The maximum atomic E-state index is 13.4. The fraction of sp³-hybridized carbons (Fsp3) is 0.515. The Labute approximate surface area is 266 Å². The summed E-state index contributed by atoms with van der Waals surface area (Å²) in [6, 6.07) is 10.3. The average Bonchev–Trinajstić information content (AvgIpc) is 2.89. The number of rotatable bonds is 12. The average molecular weight is 628 g/mol. The van der Waals surface area contributed by atoms with Crippen molar-refractivity contribution in [2.75, 3.05) is 6.54 Å². The number of hydrogen-bond donors (Lipinski definition) is 6. The number of hydrazine groups is 1. The number of alkyl carbamates (subject to hydrolysis) is 1. The fourth-order valence-electron chi connectivity index (χ4n) is 4.45. The lowest BCUT2D eigenvalue weighted by Gasteiger charge is -2.26. The molecule has 2 rings (SSSR count). The zero-order valence-electron chi connectivity index (χ0n) is 27.8. The first-order valence-corrected chi connectivity index (χ1v) is 15.0. The van der Waals surface area contributed by atoms with E-state index in [1.807, 2.05) is 30.3 Å². The second-order valence-electron chi connectivity index (χ2n) is 13.1. The van der Waals surface area contributed by atoms with E-state index in [0.29, 0.717) is 6.42 Å². The van der Waals surface area contributed by atoms with Crippen molar-refractivity contribution < 1.29 is 33.8 Å². The minimum absolute atomic E-state index is 0.0986. The summed E-state index contributed by atoms with van der Waals surface area (Å²) in [5.41, 5.74) is 7.23. The van der Waals surface area contributed by atoms with Gasteiger partial charge in [-0.25, -0.2) is 15.0 Å². The lowest BCUT2D eigenvalue weighted by molar-refractivity contribution is -0.129. The first-order chi connectivity index (χ1) is 20.8. The van der Waals surface area contributed by atoms with Gasteiger partial charge in [-0.2, -0.15) is 0 Å². The molecule has 4 amide bonds. The van der Waals surface area contributed by atoms with Crippen LogP contribution in [-0.4, -0.2) is 65.0 Å². The van der Waals surface area contributed by atoms with Crippen LogP contribution in [0.1, 0.15) is 70.7 Å². The van der Waals surface area contributed by atoms with E-state index in [-0.39, 0.29) is 18.7 Å². The van der Waals surface area contributed by atoms with Crippen LogP contribution in [0.2, 0.25) is 0 Å². The fourth-order valence-corrected chi connectivity index (χ4v) is 4.45. The first-order valence-electron chi connectivity index (χ1n) is 15.0. The Kier molecular flexibility index (Phi) is 13.2. The Morgan fingerprint density at radius 1 is 0.800 bits per heavy atom. The molecule has 6 N–H and O–H groups in total. The van der Waals surface area contributed by atoms with Crippen LogP contribution in [-0.2, 0) is 31.9 Å². The normalized spacial score (nSPS) is 13.5. The highest BCUT2D eigenvalue weighted by Crippen LogP contribution is 2.22. The van der Waals surface area contributed by atoms with E-state index >= 15 is 0 Å². The molecule has 0 fully saturated rings. The quantitative estimate of drug-likeness (QED) is 0.194. The molecular formula is C33H49N5O7. The third-order valence-electron chi connectivity index (χ3n) is 6.47. The van der Waals surface area contributed by atoms with Gasteiger partial charge in [0, 0.05) is 19.0 Å². The van der Waals surface area contributed by atoms with Gasteiger partial charge in [-0.05, 0) is 103 Å². The van der Waals surface area contributed by atoms with E-state index in [9.17, 15) is 24.3 Å². The van der Waals surface area contributed by atoms with Crippen LogP contribution in [0.15, 0.2) is 42.5 Å². The minimum Gasteiger partial charge on any atom is -0.508 e. The second kappa shape index (κ2) is 16.1. The van der Waals surface area contributed by atoms with Crippen molar-refractivity contribution in [3.8, 4) is 5.75 Å². The lowest BCUT2D eigenvalue weighted by Crippen LogP contribution is -2.56. The number of amides is 4. The van der Waals surface area contributed by atoms with Gasteiger partial charge in [0.1, 0.15) is 29.0 Å². The van der Waals surface area contributed by atoms with E-state index in [0.717, 1.165) is 22.3 Å². The molecule has 1 unspecified atom stereocenters. The van der Waals surface area contributed by atoms with Crippen LogP contribution < -0.4 is 26.8 Å². The molecule has 0 saturated heterocycles. The molecule has 0 aliphatic heterocycles. The lowest BCUT2D eigenvalue weighted by atomic mass is 9.95. The molecule has 2 aromatic carbocycles. The van der Waals surface area contributed by atoms with E-state index < -0.39 is 53.3 Å². The number of aromatic hydroxyl groups is 1. The molecule has 0 heterocycles. The molecule has 0 spiro atoms. The van der Waals surface area contributed by atoms with Gasteiger partial charge in [-0.1, -0.05) is 30.3 Å². The van der Waals surface area contributed by atoms with E-state index in [1.165, 1.54) is 6.92 Å². The van der Waals surface area contributed by atoms with E-state index in [4.69, 9.17) is 9.47 Å². The molecule has 45 heavy (non-hydrogen) atoms. The Morgan fingerprint density at radius 3 is 1.91 bits per heavy atom. The summed E-state index contributed by atoms with van der Waals surface area (Å²) < 4.78 is 10.7. The SMILES string of the molecule is Cc1cc(O)cc(C)c1C[C@H](NC(=O)OC(C)(C)C)C(=O)N[C@H](C)C(=O)NCC(Cc1ccccc1)NNC(=O)OC(C)(C)C. The maximum absolute atomic E-state index is 13.4. The number of ether oxygens (including phenoxy) is 2. The van der Waals surface area contributed by atoms with Crippen LogP contribution in [0.25, 0.3) is 0 Å². The van der Waals surface area contributed by atoms with Crippen molar-refractivity contribution in [1.82, 2.24) is 26.8 Å². The largest absolute Gasteiger partial charge is 0.508 e. The van der Waals surface area contributed by atoms with Crippen LogP contribution >= 0.6 is 0 Å². The van der Waals surface area contributed by atoms with Gasteiger partial charge in [0.2, 0.25) is 11.8 Å². The maximum Gasteiger partial charge on any atom is 0.422 e. The number of phenolic OH excluding ortho intramolecular Hbond substituents is 1. The van der Waals surface area contributed by atoms with Crippen LogP contribution in [0.5, 0.6) is 5.75 Å². The van der Waals surface area contributed by atoms with Gasteiger partial charge in [-0.15, -0.1) is 0 Å². The summed E-state index contributed by atoms with van der Waals surface area (Å²) in [6.07, 6.45) is -0.849. The van der Waals surface area contributed by atoms with Gasteiger partial charge in [0.05, 0.1) is 0 Å². The van der Waals surface area contributed by atoms with E-state index in [1.54, 1.807) is 67.5 Å². The van der Waals surface area contributed by atoms with Gasteiger partial charge >= 0.3 is 12.2 Å². The number of hydrogen-bond acceptors (Lipinski definition) is 8. The molecule has 0 aliphatic carbocycles. The molecule has 12 nitrogen and oxygen atoms in total. The van der Waals surface area contributed by atoms with Crippen molar-refractivity contribution in [3.63, 3.8) is 0 Å². The molecule has 0 aliphatic rings. The van der Waals surface area contributed by atoms with Crippen molar-refractivity contribution >= 4 is 24.0 Å². The number of carbonyl (C=O) groups excluding carboxylic acids is 4. The molecular weight excluding hydrogens is 578 g/mol. The predicted molar refractivity (Wildman–Crippen MR) is 171 cm³/mol. The van der Waals surface area contributed by atoms with Crippen molar-refractivity contribution in [1.29, 1.82) is 0 Å². The van der Waals surface area contributed by atoms with Crippen LogP contribution in [0.4, 0.5) is 9.59 Å². The van der Waals surface area contributed by atoms with Crippen molar-refractivity contribution in [2.24, 2.45) is 0 Å². The topological polar surface area (TPSA) is 167 Å². The van der Waals surface area contributed by atoms with Gasteiger partial charge in [0.25, 0.3) is 0 Å². The Hall–Kier alpha value is -4.32. The molecule has 248 valence electrons. The zero-order chi connectivity index (χ0) is 33.9. The van der Waals surface area contributed by atoms with Gasteiger partial charge in [-0.3, -0.25) is 15.0 Å². The highest BCUT2D eigenvalue weighted by molar-refractivity contribution is 5.91. The first kappa shape index (κ1) is 36.9. The van der Waals surface area contributed by atoms with Gasteiger partial charge in [0.15, 0.2) is 0 Å². The molecule has 0 radical (unpaired) electrons. The highest BCUT2D eigenvalue weighted by Gasteiger charge is 2.28. The second-order valence-corrected chi connectivity index (χ2v) is 13.1. The molecule has 0 saturated carbocycles. The third-order valence-corrected chi connectivity index (χ3v) is 6.47. The smallest absolute Gasteiger partial charge is 0.422 e. The summed E-state index contributed by atoms with van der Waals surface area (Å²) in [6.45, 7) is 15.7. The monoisotopic (exact) mass is 627 g/mol. The number of aryl methyl sites for hydroxylation is 2.